The molecule has 1 aromatic carbocycles. The highest BCUT2D eigenvalue weighted by molar-refractivity contribution is 5.99. The normalized spacial score (nSPS) is 10.5. The molecule has 2 aromatic heterocycles. The zero-order chi connectivity index (χ0) is 14.8. The molecule has 0 aliphatic carbocycles. The van der Waals surface area contributed by atoms with Crippen molar-refractivity contribution in [3.8, 4) is 11.1 Å². The Bertz CT molecular complexity index is 838. The summed E-state index contributed by atoms with van der Waals surface area (Å²) in [6.07, 6.45) is 4.53. The van der Waals surface area contributed by atoms with Gasteiger partial charge in [0.2, 0.25) is 5.91 Å². The smallest absolute Gasteiger partial charge is 0.247 e. The summed E-state index contributed by atoms with van der Waals surface area (Å²) in [4.78, 5) is 18.4. The molecule has 104 valence electrons. The molecule has 5 heteroatoms. The Morgan fingerprint density at radius 1 is 1.33 bits per heavy atom. The predicted octanol–water partition coefficient (Wildman–Crippen LogP) is 3.49. The topological polar surface area (TPSA) is 57.8 Å². The molecule has 1 amide bonds. The summed E-state index contributed by atoms with van der Waals surface area (Å²) < 4.78 is 14.2. The Kier molecular flexibility index (Phi) is 3.23. The van der Waals surface area contributed by atoms with Crippen LogP contribution in [-0.2, 0) is 4.79 Å². The number of carbonyl (C=O) groups excluding carboxylic acids is 1. The van der Waals surface area contributed by atoms with Gasteiger partial charge in [-0.1, -0.05) is 6.58 Å². The molecule has 0 atom stereocenters. The van der Waals surface area contributed by atoms with Crippen molar-refractivity contribution in [3.05, 3.63) is 61.2 Å². The van der Waals surface area contributed by atoms with Crippen LogP contribution in [0.4, 0.5) is 10.1 Å². The fourth-order valence-corrected chi connectivity index (χ4v) is 2.11. The van der Waals surface area contributed by atoms with Crippen LogP contribution in [0.1, 0.15) is 0 Å². The summed E-state index contributed by atoms with van der Waals surface area (Å²) in [6, 6.07) is 8.27. The number of H-pyrrole nitrogens is 1. The highest BCUT2D eigenvalue weighted by atomic mass is 19.1. The first-order valence-electron chi connectivity index (χ1n) is 6.34. The van der Waals surface area contributed by atoms with Crippen LogP contribution < -0.4 is 5.32 Å². The number of carbonyl (C=O) groups is 1. The van der Waals surface area contributed by atoms with Gasteiger partial charge in [-0.05, 0) is 36.4 Å². The summed E-state index contributed by atoms with van der Waals surface area (Å²) in [6.45, 7) is 3.35. The van der Waals surface area contributed by atoms with Gasteiger partial charge in [0.05, 0.1) is 0 Å². The predicted molar refractivity (Wildman–Crippen MR) is 80.3 cm³/mol. The summed E-state index contributed by atoms with van der Waals surface area (Å²) in [5, 5.41) is 3.43. The van der Waals surface area contributed by atoms with E-state index in [0.717, 1.165) is 17.1 Å². The molecule has 3 aromatic rings. The molecule has 21 heavy (non-hydrogen) atoms. The Morgan fingerprint density at radius 2 is 2.19 bits per heavy atom. The monoisotopic (exact) mass is 281 g/mol. The van der Waals surface area contributed by atoms with Gasteiger partial charge in [0.1, 0.15) is 11.5 Å². The van der Waals surface area contributed by atoms with E-state index >= 15 is 0 Å². The van der Waals surface area contributed by atoms with Gasteiger partial charge >= 0.3 is 0 Å². The van der Waals surface area contributed by atoms with E-state index in [-0.39, 0.29) is 5.91 Å². The molecule has 2 N–H and O–H groups in total. The van der Waals surface area contributed by atoms with Crippen LogP contribution in [0.25, 0.3) is 22.2 Å². The second kappa shape index (κ2) is 5.20. The number of pyridine rings is 1. The minimum Gasteiger partial charge on any atom is -0.346 e. The molecule has 4 nitrogen and oxygen atoms in total. The van der Waals surface area contributed by atoms with E-state index in [9.17, 15) is 9.18 Å². The van der Waals surface area contributed by atoms with Crippen molar-refractivity contribution in [1.29, 1.82) is 0 Å². The fourth-order valence-electron chi connectivity index (χ4n) is 2.11. The third-order valence-corrected chi connectivity index (χ3v) is 3.13. The Balaban J connectivity index is 1.98. The highest BCUT2D eigenvalue weighted by Crippen LogP contribution is 2.27. The van der Waals surface area contributed by atoms with Crippen LogP contribution in [-0.4, -0.2) is 15.9 Å². The molecule has 0 bridgehead atoms. The Hall–Kier alpha value is -2.95. The van der Waals surface area contributed by atoms with E-state index in [2.05, 4.69) is 21.9 Å². The van der Waals surface area contributed by atoms with E-state index in [4.69, 9.17) is 0 Å². The van der Waals surface area contributed by atoms with E-state index in [1.54, 1.807) is 24.5 Å². The standard InChI is InChI=1S/C16H12FN3O/c1-2-15(21)20-12-3-4-13(14(17)8-12)11-7-10-5-6-18-16(10)19-9-11/h2-9H,1H2,(H,18,19)(H,20,21). The molecule has 0 spiro atoms. The first kappa shape index (κ1) is 13.1. The third-order valence-electron chi connectivity index (χ3n) is 3.13. The van der Waals surface area contributed by atoms with E-state index < -0.39 is 5.82 Å². The number of anilines is 1. The van der Waals surface area contributed by atoms with E-state index in [1.165, 1.54) is 6.07 Å². The average Bonchev–Trinajstić information content (AvgIpc) is 2.94. The molecular formula is C16H12FN3O. The van der Waals surface area contributed by atoms with Gasteiger partial charge in [-0.2, -0.15) is 0 Å². The number of aromatic nitrogens is 2. The van der Waals surface area contributed by atoms with Gasteiger partial charge in [0, 0.05) is 34.6 Å². The van der Waals surface area contributed by atoms with Gasteiger partial charge in [-0.3, -0.25) is 4.79 Å². The van der Waals surface area contributed by atoms with Crippen LogP contribution in [0.3, 0.4) is 0 Å². The average molecular weight is 281 g/mol. The molecule has 0 saturated heterocycles. The third kappa shape index (κ3) is 2.53. The second-order valence-electron chi connectivity index (χ2n) is 4.53. The van der Waals surface area contributed by atoms with Crippen molar-refractivity contribution in [2.24, 2.45) is 0 Å². The van der Waals surface area contributed by atoms with Crippen molar-refractivity contribution < 1.29 is 9.18 Å². The number of benzene rings is 1. The molecule has 2 heterocycles. The number of fused-ring (bicyclic) bond motifs is 1. The molecule has 0 aliphatic rings. The number of halogens is 1. The molecule has 0 radical (unpaired) electrons. The maximum atomic E-state index is 14.2. The van der Waals surface area contributed by atoms with Crippen LogP contribution >= 0.6 is 0 Å². The Labute approximate surface area is 120 Å². The maximum Gasteiger partial charge on any atom is 0.247 e. The summed E-state index contributed by atoms with van der Waals surface area (Å²) in [7, 11) is 0. The van der Waals surface area contributed by atoms with Gasteiger partial charge < -0.3 is 10.3 Å². The molecule has 0 unspecified atom stereocenters. The molecule has 0 saturated carbocycles. The van der Waals surface area contributed by atoms with Gasteiger partial charge in [-0.25, -0.2) is 9.37 Å². The quantitative estimate of drug-likeness (QED) is 0.722. The number of hydrogen-bond acceptors (Lipinski definition) is 2. The van der Waals surface area contributed by atoms with E-state index in [1.807, 2.05) is 12.1 Å². The van der Waals surface area contributed by atoms with E-state index in [0.29, 0.717) is 16.8 Å². The molecular weight excluding hydrogens is 269 g/mol. The van der Waals surface area contributed by atoms with Gasteiger partial charge in [-0.15, -0.1) is 0 Å². The summed E-state index contributed by atoms with van der Waals surface area (Å²) >= 11 is 0. The first-order chi connectivity index (χ1) is 10.2. The highest BCUT2D eigenvalue weighted by Gasteiger charge is 2.09. The number of hydrogen-bond donors (Lipinski definition) is 2. The lowest BCUT2D eigenvalue weighted by atomic mass is 10.1. The van der Waals surface area contributed by atoms with Crippen LogP contribution in [0.2, 0.25) is 0 Å². The zero-order valence-electron chi connectivity index (χ0n) is 11.1. The first-order valence-corrected chi connectivity index (χ1v) is 6.34. The van der Waals surface area contributed by atoms with Crippen LogP contribution in [0.5, 0.6) is 0 Å². The minimum absolute atomic E-state index is 0.377. The van der Waals surface area contributed by atoms with Crippen molar-refractivity contribution in [3.63, 3.8) is 0 Å². The van der Waals surface area contributed by atoms with Crippen molar-refractivity contribution in [2.45, 2.75) is 0 Å². The Morgan fingerprint density at radius 3 is 2.95 bits per heavy atom. The minimum atomic E-state index is -0.423. The van der Waals surface area contributed by atoms with Gasteiger partial charge in [0.15, 0.2) is 0 Å². The SMILES string of the molecule is C=CC(=O)Nc1ccc(-c2cnc3[nH]ccc3c2)c(F)c1. The number of nitrogens with one attached hydrogen (secondary N) is 2. The zero-order valence-corrected chi connectivity index (χ0v) is 11.1. The largest absolute Gasteiger partial charge is 0.346 e. The maximum absolute atomic E-state index is 14.2. The van der Waals surface area contributed by atoms with Gasteiger partial charge in [0.25, 0.3) is 0 Å². The lowest BCUT2D eigenvalue weighted by Gasteiger charge is -2.07. The van der Waals surface area contributed by atoms with Crippen molar-refractivity contribution >= 4 is 22.6 Å². The van der Waals surface area contributed by atoms with Crippen molar-refractivity contribution in [1.82, 2.24) is 9.97 Å². The number of rotatable bonds is 3. The molecule has 0 fully saturated rings. The fraction of sp³-hybridized carbons (Fsp3) is 0. The summed E-state index contributed by atoms with van der Waals surface area (Å²) in [5.74, 6) is -0.800. The van der Waals surface area contributed by atoms with Crippen LogP contribution in [0, 0.1) is 5.82 Å². The van der Waals surface area contributed by atoms with Crippen LogP contribution in [0.15, 0.2) is 55.4 Å². The molecule has 3 rings (SSSR count). The summed E-state index contributed by atoms with van der Waals surface area (Å²) in [5.41, 5.74) is 2.26. The van der Waals surface area contributed by atoms with Crippen molar-refractivity contribution in [2.75, 3.05) is 5.32 Å². The number of aromatic amines is 1. The number of amides is 1. The second-order valence-corrected chi connectivity index (χ2v) is 4.53. The molecule has 0 aliphatic heterocycles. The lowest BCUT2D eigenvalue weighted by Crippen LogP contribution is -2.07. The lowest BCUT2D eigenvalue weighted by molar-refractivity contribution is -0.111. The number of nitrogens with zero attached hydrogens (tertiary/aromatic N) is 1.